The van der Waals surface area contributed by atoms with E-state index in [1.54, 1.807) is 0 Å². The quantitative estimate of drug-likeness (QED) is 0.303. The van der Waals surface area contributed by atoms with E-state index in [0.29, 0.717) is 17.9 Å². The number of anilines is 3. The molecule has 0 bridgehead atoms. The van der Waals surface area contributed by atoms with Gasteiger partial charge in [-0.2, -0.15) is 10.1 Å². The Bertz CT molecular complexity index is 1660. The fourth-order valence-corrected chi connectivity index (χ4v) is 6.33. The summed E-state index contributed by atoms with van der Waals surface area (Å²) in [6.45, 7) is 7.84. The molecule has 4 heterocycles. The summed E-state index contributed by atoms with van der Waals surface area (Å²) in [7, 11) is 0. The van der Waals surface area contributed by atoms with Gasteiger partial charge in [-0.25, -0.2) is 14.6 Å². The Kier molecular flexibility index (Phi) is 6.36. The third-order valence-corrected chi connectivity index (χ3v) is 8.32. The van der Waals surface area contributed by atoms with Crippen molar-refractivity contribution in [3.05, 3.63) is 53.9 Å². The molecule has 0 spiro atoms. The fraction of sp³-hybridized carbons (Fsp3) is 0.400. The van der Waals surface area contributed by atoms with Crippen LogP contribution < -0.4 is 11.1 Å². The predicted octanol–water partition coefficient (Wildman–Crippen LogP) is 5.39. The van der Waals surface area contributed by atoms with Crippen LogP contribution in [0.25, 0.3) is 33.4 Å². The summed E-state index contributed by atoms with van der Waals surface area (Å²) in [4.78, 5) is 16.1. The number of fused-ring (bicyclic) bond motifs is 2. The van der Waals surface area contributed by atoms with Crippen LogP contribution in [0.5, 0.6) is 0 Å². The van der Waals surface area contributed by atoms with E-state index < -0.39 is 0 Å². The molecule has 0 radical (unpaired) electrons. The zero-order valence-corrected chi connectivity index (χ0v) is 22.9. The highest BCUT2D eigenvalue weighted by atomic mass is 16.5. The number of morpholine rings is 1. The van der Waals surface area contributed by atoms with Crippen molar-refractivity contribution in [1.29, 1.82) is 0 Å². The van der Waals surface area contributed by atoms with E-state index in [2.05, 4.69) is 42.8 Å². The summed E-state index contributed by atoms with van der Waals surface area (Å²) in [6.07, 6.45) is 5.97. The SMILES string of the molecule is Cc1cc(C)c2oc(Nc3ccc(-c4nn([C@H]5CC[C@@H](N6CCOCC6)CC5)c5ncnc(N)c45)cc3)nc2c1. The summed E-state index contributed by atoms with van der Waals surface area (Å²) >= 11 is 0. The van der Waals surface area contributed by atoms with Crippen molar-refractivity contribution in [2.24, 2.45) is 0 Å². The number of oxazole rings is 1. The van der Waals surface area contributed by atoms with Gasteiger partial charge in [0.05, 0.1) is 24.6 Å². The molecule has 3 N–H and O–H groups in total. The number of aryl methyl sites for hydroxylation is 2. The molecule has 1 aliphatic heterocycles. The third-order valence-electron chi connectivity index (χ3n) is 8.32. The second kappa shape index (κ2) is 10.2. The van der Waals surface area contributed by atoms with E-state index in [0.717, 1.165) is 102 Å². The predicted molar refractivity (Wildman–Crippen MR) is 156 cm³/mol. The Balaban J connectivity index is 1.14. The molecule has 0 unspecified atom stereocenters. The highest BCUT2D eigenvalue weighted by molar-refractivity contribution is 5.98. The summed E-state index contributed by atoms with van der Waals surface area (Å²) in [5.74, 6) is 0.451. The third kappa shape index (κ3) is 4.56. The van der Waals surface area contributed by atoms with Crippen LogP contribution in [0.15, 0.2) is 47.1 Å². The van der Waals surface area contributed by atoms with Gasteiger partial charge in [0, 0.05) is 30.4 Å². The molecule has 40 heavy (non-hydrogen) atoms. The molecule has 1 saturated heterocycles. The number of aromatic nitrogens is 5. The maximum Gasteiger partial charge on any atom is 0.300 e. The van der Waals surface area contributed by atoms with Crippen molar-refractivity contribution >= 4 is 39.7 Å². The standard InChI is InChI=1S/C30H34N8O2/c1-18-15-19(2)27-24(16-18)35-30(40-27)34-21-5-3-20(4-6-21)26-25-28(31)32-17-33-29(25)38(36-26)23-9-7-22(8-10-23)37-11-13-39-14-12-37/h3-6,15-17,22-23H,7-14H2,1-2H3,(H,34,35)(H2,31,32,33)/t22-,23+. The van der Waals surface area contributed by atoms with Gasteiger partial charge in [0.1, 0.15) is 23.4 Å². The molecule has 2 aromatic carbocycles. The van der Waals surface area contributed by atoms with Crippen LogP contribution in [-0.2, 0) is 4.74 Å². The van der Waals surface area contributed by atoms with E-state index >= 15 is 0 Å². The molecule has 206 valence electrons. The Morgan fingerprint density at radius 3 is 2.48 bits per heavy atom. The lowest BCUT2D eigenvalue weighted by Crippen LogP contribution is -2.45. The largest absolute Gasteiger partial charge is 0.423 e. The Morgan fingerprint density at radius 1 is 0.950 bits per heavy atom. The van der Waals surface area contributed by atoms with Crippen LogP contribution in [0.4, 0.5) is 17.5 Å². The van der Waals surface area contributed by atoms with Crippen molar-refractivity contribution in [1.82, 2.24) is 29.6 Å². The monoisotopic (exact) mass is 538 g/mol. The molecular formula is C30H34N8O2. The van der Waals surface area contributed by atoms with Crippen molar-refractivity contribution in [2.75, 3.05) is 37.4 Å². The van der Waals surface area contributed by atoms with Gasteiger partial charge in [0.25, 0.3) is 6.01 Å². The second-order valence-corrected chi connectivity index (χ2v) is 11.0. The average Bonchev–Trinajstić information content (AvgIpc) is 3.56. The lowest BCUT2D eigenvalue weighted by Gasteiger charge is -2.38. The Morgan fingerprint density at radius 2 is 1.70 bits per heavy atom. The summed E-state index contributed by atoms with van der Waals surface area (Å²) in [6, 6.07) is 13.6. The fourth-order valence-electron chi connectivity index (χ4n) is 6.33. The number of nitrogen functional groups attached to an aromatic ring is 1. The van der Waals surface area contributed by atoms with Crippen molar-refractivity contribution in [2.45, 2.75) is 51.6 Å². The molecule has 10 nitrogen and oxygen atoms in total. The van der Waals surface area contributed by atoms with Gasteiger partial charge in [-0.3, -0.25) is 4.90 Å². The first-order valence-corrected chi connectivity index (χ1v) is 14.1. The molecular weight excluding hydrogens is 504 g/mol. The minimum Gasteiger partial charge on any atom is -0.423 e. The average molecular weight is 539 g/mol. The zero-order chi connectivity index (χ0) is 27.2. The van der Waals surface area contributed by atoms with Crippen LogP contribution in [0.1, 0.15) is 42.9 Å². The number of hydrogen-bond acceptors (Lipinski definition) is 9. The number of nitrogens with one attached hydrogen (secondary N) is 1. The van der Waals surface area contributed by atoms with Crippen molar-refractivity contribution in [3.8, 4) is 11.3 Å². The van der Waals surface area contributed by atoms with Gasteiger partial charge < -0.3 is 20.2 Å². The van der Waals surface area contributed by atoms with E-state index in [-0.39, 0.29) is 6.04 Å². The molecule has 3 aromatic heterocycles. The first-order chi connectivity index (χ1) is 19.5. The highest BCUT2D eigenvalue weighted by Gasteiger charge is 2.30. The molecule has 2 fully saturated rings. The van der Waals surface area contributed by atoms with Crippen molar-refractivity contribution in [3.63, 3.8) is 0 Å². The van der Waals surface area contributed by atoms with Gasteiger partial charge >= 0.3 is 0 Å². The Labute approximate surface area is 232 Å². The lowest BCUT2D eigenvalue weighted by atomic mass is 9.90. The topological polar surface area (TPSA) is 120 Å². The van der Waals surface area contributed by atoms with Gasteiger partial charge in [0.2, 0.25) is 0 Å². The molecule has 7 rings (SSSR count). The number of ether oxygens (including phenoxy) is 1. The normalized spacial score (nSPS) is 20.4. The minimum atomic E-state index is 0.287. The van der Waals surface area contributed by atoms with E-state index in [1.165, 1.54) is 6.33 Å². The lowest BCUT2D eigenvalue weighted by molar-refractivity contribution is 0.00520. The van der Waals surface area contributed by atoms with Gasteiger partial charge in [-0.15, -0.1) is 0 Å². The van der Waals surface area contributed by atoms with Crippen LogP contribution in [0.2, 0.25) is 0 Å². The first-order valence-electron chi connectivity index (χ1n) is 14.1. The first kappa shape index (κ1) is 25.0. The molecule has 5 aromatic rings. The number of hydrogen-bond donors (Lipinski definition) is 2. The van der Waals surface area contributed by atoms with Crippen LogP contribution in [-0.4, -0.2) is 62.0 Å². The van der Waals surface area contributed by atoms with Crippen molar-refractivity contribution < 1.29 is 9.15 Å². The van der Waals surface area contributed by atoms with Gasteiger partial charge in [-0.1, -0.05) is 18.2 Å². The number of nitrogens with two attached hydrogens (primary N) is 1. The molecule has 10 heteroatoms. The highest BCUT2D eigenvalue weighted by Crippen LogP contribution is 2.37. The van der Waals surface area contributed by atoms with Crippen LogP contribution >= 0.6 is 0 Å². The van der Waals surface area contributed by atoms with E-state index in [4.69, 9.17) is 20.0 Å². The molecule has 1 saturated carbocycles. The van der Waals surface area contributed by atoms with Gasteiger partial charge in [-0.05, 0) is 68.9 Å². The number of nitrogens with zero attached hydrogens (tertiary/aromatic N) is 6. The van der Waals surface area contributed by atoms with Crippen LogP contribution in [0.3, 0.4) is 0 Å². The molecule has 0 amide bonds. The van der Waals surface area contributed by atoms with Crippen LogP contribution in [0, 0.1) is 13.8 Å². The number of rotatable bonds is 5. The smallest absolute Gasteiger partial charge is 0.300 e. The molecule has 0 atom stereocenters. The maximum absolute atomic E-state index is 6.39. The van der Waals surface area contributed by atoms with E-state index in [9.17, 15) is 0 Å². The zero-order valence-electron chi connectivity index (χ0n) is 22.9. The summed E-state index contributed by atoms with van der Waals surface area (Å²) in [5.41, 5.74) is 13.7. The van der Waals surface area contributed by atoms with Gasteiger partial charge in [0.15, 0.2) is 11.2 Å². The summed E-state index contributed by atoms with van der Waals surface area (Å²) in [5, 5.41) is 9.19. The molecule has 2 aliphatic rings. The molecule has 1 aliphatic carbocycles. The number of benzene rings is 2. The maximum atomic E-state index is 6.39. The minimum absolute atomic E-state index is 0.287. The summed E-state index contributed by atoms with van der Waals surface area (Å²) < 4.78 is 13.6. The van der Waals surface area contributed by atoms with E-state index in [1.807, 2.05) is 37.3 Å². The Hall–Kier alpha value is -4.02. The second-order valence-electron chi connectivity index (χ2n) is 11.0.